The lowest BCUT2D eigenvalue weighted by molar-refractivity contribution is 0.986. The van der Waals surface area contributed by atoms with Gasteiger partial charge in [-0.25, -0.2) is 4.98 Å². The molecule has 0 atom stereocenters. The molecule has 0 saturated heterocycles. The van der Waals surface area contributed by atoms with Gasteiger partial charge in [-0.3, -0.25) is 0 Å². The summed E-state index contributed by atoms with van der Waals surface area (Å²) in [4.78, 5) is 7.98. The molecule has 1 aromatic carbocycles. The lowest BCUT2D eigenvalue weighted by Crippen LogP contribution is -1.79. The highest BCUT2D eigenvalue weighted by atomic mass is 79.9. The molecular weight excluding hydrogens is 240 g/mol. The largest absolute Gasteiger partial charge is 0.342 e. The number of hydrogen-bond donors (Lipinski definition) is 1. The van der Waals surface area contributed by atoms with Crippen LogP contribution in [0.3, 0.4) is 0 Å². The zero-order chi connectivity index (χ0) is 9.54. The Morgan fingerprint density at radius 1 is 1.43 bits per heavy atom. The molecule has 3 rings (SSSR count). The third kappa shape index (κ3) is 1.36. The highest BCUT2D eigenvalue weighted by molar-refractivity contribution is 9.08. The summed E-state index contributed by atoms with van der Waals surface area (Å²) in [5, 5.41) is 0.903. The van der Waals surface area contributed by atoms with Gasteiger partial charge < -0.3 is 4.98 Å². The molecule has 2 nitrogen and oxygen atoms in total. The summed E-state index contributed by atoms with van der Waals surface area (Å²) in [6.45, 7) is 0. The van der Waals surface area contributed by atoms with Crippen LogP contribution < -0.4 is 0 Å². The Labute approximate surface area is 90.9 Å². The smallest absolute Gasteiger partial charge is 0.110 e. The number of nitrogens with one attached hydrogen (secondary N) is 1. The fourth-order valence-electron chi connectivity index (χ4n) is 1.71. The van der Waals surface area contributed by atoms with Crippen molar-refractivity contribution in [1.82, 2.24) is 9.97 Å². The van der Waals surface area contributed by atoms with E-state index in [1.54, 1.807) is 0 Å². The third-order valence-corrected chi connectivity index (χ3v) is 3.33. The Bertz CT molecular complexity index is 471. The van der Waals surface area contributed by atoms with Gasteiger partial charge in [0, 0.05) is 11.2 Å². The van der Waals surface area contributed by atoms with E-state index in [2.05, 4.69) is 44.1 Å². The van der Waals surface area contributed by atoms with Crippen molar-refractivity contribution in [2.75, 3.05) is 0 Å². The molecule has 1 fully saturated rings. The molecule has 1 heterocycles. The van der Waals surface area contributed by atoms with Gasteiger partial charge in [0.25, 0.3) is 0 Å². The van der Waals surface area contributed by atoms with E-state index in [4.69, 9.17) is 0 Å². The molecule has 0 spiro atoms. The minimum absolute atomic E-state index is 0.704. The first-order valence-electron chi connectivity index (χ1n) is 4.91. The van der Waals surface area contributed by atoms with Crippen molar-refractivity contribution in [1.29, 1.82) is 0 Å². The second kappa shape index (κ2) is 3.09. The number of benzene rings is 1. The van der Waals surface area contributed by atoms with Crippen molar-refractivity contribution in [2.24, 2.45) is 0 Å². The maximum atomic E-state index is 4.58. The lowest BCUT2D eigenvalue weighted by atomic mass is 10.2. The highest BCUT2D eigenvalue weighted by Gasteiger charge is 2.26. The van der Waals surface area contributed by atoms with Gasteiger partial charge in [-0.1, -0.05) is 22.0 Å². The normalized spacial score (nSPS) is 16.4. The van der Waals surface area contributed by atoms with Gasteiger partial charge in [-0.2, -0.15) is 0 Å². The molecule has 1 N–H and O–H groups in total. The van der Waals surface area contributed by atoms with Crippen LogP contribution in [0.5, 0.6) is 0 Å². The number of imidazole rings is 1. The van der Waals surface area contributed by atoms with Crippen LogP contribution in [0.15, 0.2) is 18.2 Å². The average molecular weight is 251 g/mol. The van der Waals surface area contributed by atoms with Crippen LogP contribution in [0, 0.1) is 0 Å². The summed E-state index contributed by atoms with van der Waals surface area (Å²) in [6.07, 6.45) is 2.59. The van der Waals surface area contributed by atoms with Crippen molar-refractivity contribution in [3.8, 4) is 0 Å². The van der Waals surface area contributed by atoms with Gasteiger partial charge >= 0.3 is 0 Å². The second-order valence-corrected chi connectivity index (χ2v) is 4.44. The van der Waals surface area contributed by atoms with E-state index < -0.39 is 0 Å². The van der Waals surface area contributed by atoms with E-state index >= 15 is 0 Å². The van der Waals surface area contributed by atoms with Crippen LogP contribution >= 0.6 is 15.9 Å². The molecule has 1 aromatic heterocycles. The number of rotatable bonds is 2. The number of halogens is 1. The predicted octanol–water partition coefficient (Wildman–Crippen LogP) is 3.34. The Morgan fingerprint density at radius 3 is 3.00 bits per heavy atom. The number of H-pyrrole nitrogens is 1. The SMILES string of the molecule is BrCc1ccc2nc(C3CC3)[nH]c2c1. The first kappa shape index (κ1) is 8.48. The molecule has 2 aromatic rings. The average Bonchev–Trinajstić information content (AvgIpc) is 2.97. The van der Waals surface area contributed by atoms with Gasteiger partial charge in [0.15, 0.2) is 0 Å². The van der Waals surface area contributed by atoms with Crippen LogP contribution in [-0.2, 0) is 5.33 Å². The maximum Gasteiger partial charge on any atom is 0.110 e. The zero-order valence-electron chi connectivity index (χ0n) is 7.76. The van der Waals surface area contributed by atoms with Crippen LogP contribution in [-0.4, -0.2) is 9.97 Å². The summed E-state index contributed by atoms with van der Waals surface area (Å²) >= 11 is 3.46. The van der Waals surface area contributed by atoms with Gasteiger partial charge in [0.1, 0.15) is 5.82 Å². The second-order valence-electron chi connectivity index (χ2n) is 3.88. The van der Waals surface area contributed by atoms with Crippen LogP contribution in [0.1, 0.15) is 30.1 Å². The molecule has 0 bridgehead atoms. The number of alkyl halides is 1. The molecule has 0 radical (unpaired) electrons. The Balaban J connectivity index is 2.12. The number of aromatic amines is 1. The van der Waals surface area contributed by atoms with Crippen molar-refractivity contribution in [2.45, 2.75) is 24.1 Å². The van der Waals surface area contributed by atoms with Gasteiger partial charge in [-0.15, -0.1) is 0 Å². The van der Waals surface area contributed by atoms with Gasteiger partial charge in [0.05, 0.1) is 11.0 Å². The van der Waals surface area contributed by atoms with E-state index in [1.807, 2.05) is 0 Å². The third-order valence-electron chi connectivity index (χ3n) is 2.68. The van der Waals surface area contributed by atoms with Gasteiger partial charge in [0.2, 0.25) is 0 Å². The summed E-state index contributed by atoms with van der Waals surface area (Å²) < 4.78 is 0. The van der Waals surface area contributed by atoms with Crippen LogP contribution in [0.4, 0.5) is 0 Å². The van der Waals surface area contributed by atoms with E-state index in [0.717, 1.165) is 10.8 Å². The summed E-state index contributed by atoms with van der Waals surface area (Å²) in [5.74, 6) is 1.88. The maximum absolute atomic E-state index is 4.58. The number of aromatic nitrogens is 2. The topological polar surface area (TPSA) is 28.7 Å². The Hall–Kier alpha value is -0.830. The predicted molar refractivity (Wildman–Crippen MR) is 60.7 cm³/mol. The molecule has 14 heavy (non-hydrogen) atoms. The molecule has 1 saturated carbocycles. The first-order valence-corrected chi connectivity index (χ1v) is 6.03. The summed E-state index contributed by atoms with van der Waals surface area (Å²) in [6, 6.07) is 6.38. The molecule has 72 valence electrons. The molecule has 0 aliphatic heterocycles. The van der Waals surface area contributed by atoms with E-state index in [0.29, 0.717) is 5.92 Å². The molecular formula is C11H11BrN2. The zero-order valence-corrected chi connectivity index (χ0v) is 9.34. The number of fused-ring (bicyclic) bond motifs is 1. The lowest BCUT2D eigenvalue weighted by Gasteiger charge is -1.93. The van der Waals surface area contributed by atoms with Crippen LogP contribution in [0.2, 0.25) is 0 Å². The van der Waals surface area contributed by atoms with Crippen molar-refractivity contribution in [3.05, 3.63) is 29.6 Å². The quantitative estimate of drug-likeness (QED) is 0.815. The molecule has 0 unspecified atom stereocenters. The standard InChI is InChI=1S/C11H11BrN2/c12-6-7-1-4-9-10(5-7)14-11(13-9)8-2-3-8/h1,4-5,8H,2-3,6H2,(H,13,14). The number of nitrogens with zero attached hydrogens (tertiary/aromatic N) is 1. The Morgan fingerprint density at radius 2 is 2.29 bits per heavy atom. The summed E-state index contributed by atoms with van der Waals surface area (Å²) in [7, 11) is 0. The molecule has 0 amide bonds. The van der Waals surface area contributed by atoms with Crippen molar-refractivity contribution in [3.63, 3.8) is 0 Å². The molecule has 3 heteroatoms. The fraction of sp³-hybridized carbons (Fsp3) is 0.364. The monoisotopic (exact) mass is 250 g/mol. The van der Waals surface area contributed by atoms with Crippen LogP contribution in [0.25, 0.3) is 11.0 Å². The van der Waals surface area contributed by atoms with Gasteiger partial charge in [-0.05, 0) is 30.5 Å². The highest BCUT2D eigenvalue weighted by Crippen LogP contribution is 2.39. The minimum atomic E-state index is 0.704. The first-order chi connectivity index (χ1) is 6.86. The van der Waals surface area contributed by atoms with E-state index in [1.165, 1.54) is 29.7 Å². The molecule has 1 aliphatic rings. The number of hydrogen-bond acceptors (Lipinski definition) is 1. The van der Waals surface area contributed by atoms with Crippen molar-refractivity contribution >= 4 is 27.0 Å². The van der Waals surface area contributed by atoms with Crippen molar-refractivity contribution < 1.29 is 0 Å². The summed E-state index contributed by atoms with van der Waals surface area (Å²) in [5.41, 5.74) is 3.56. The Kier molecular flexibility index (Phi) is 1.87. The van der Waals surface area contributed by atoms with E-state index in [9.17, 15) is 0 Å². The molecule has 1 aliphatic carbocycles. The fourth-order valence-corrected chi connectivity index (χ4v) is 2.06. The van der Waals surface area contributed by atoms with E-state index in [-0.39, 0.29) is 0 Å². The minimum Gasteiger partial charge on any atom is -0.342 e.